The number of ether oxygens (including phenoxy) is 2. The molecule has 2 aliphatic heterocycles. The number of thioether (sulfide) groups is 1. The van der Waals surface area contributed by atoms with Gasteiger partial charge in [-0.05, 0) is 18.1 Å². The fourth-order valence-corrected chi connectivity index (χ4v) is 4.31. The van der Waals surface area contributed by atoms with Crippen LogP contribution in [0.1, 0.15) is 19.4 Å². The summed E-state index contributed by atoms with van der Waals surface area (Å²) in [4.78, 5) is 36.6. The lowest BCUT2D eigenvalue weighted by Gasteiger charge is -2.25. The highest BCUT2D eigenvalue weighted by Crippen LogP contribution is 2.35. The third kappa shape index (κ3) is 4.20. The summed E-state index contributed by atoms with van der Waals surface area (Å²) in [6, 6.07) is 12.3. The van der Waals surface area contributed by atoms with Crippen molar-refractivity contribution in [2.24, 2.45) is 15.9 Å². The van der Waals surface area contributed by atoms with Crippen LogP contribution in [-0.2, 0) is 9.59 Å². The first-order valence-corrected chi connectivity index (χ1v) is 11.2. The average Bonchev–Trinajstić information content (AvgIpc) is 3.15. The Morgan fingerprint density at radius 1 is 1.16 bits per heavy atom. The largest absolute Gasteiger partial charge is 0.497 e. The van der Waals surface area contributed by atoms with Crippen molar-refractivity contribution in [3.05, 3.63) is 48.0 Å². The Labute approximate surface area is 190 Å². The second-order valence-electron chi connectivity index (χ2n) is 7.66. The monoisotopic (exact) mass is 452 g/mol. The van der Waals surface area contributed by atoms with E-state index in [4.69, 9.17) is 9.47 Å². The van der Waals surface area contributed by atoms with Crippen LogP contribution >= 0.6 is 11.8 Å². The number of para-hydroxylation sites is 1. The zero-order valence-corrected chi connectivity index (χ0v) is 19.1. The fourth-order valence-electron chi connectivity index (χ4n) is 3.51. The van der Waals surface area contributed by atoms with E-state index in [1.165, 1.54) is 11.8 Å². The fraction of sp³-hybridized carbons (Fsp3) is 0.304. The summed E-state index contributed by atoms with van der Waals surface area (Å²) in [5.74, 6) is 1.52. The van der Waals surface area contributed by atoms with Gasteiger partial charge in [0.1, 0.15) is 23.4 Å². The van der Waals surface area contributed by atoms with Crippen LogP contribution in [-0.4, -0.2) is 53.7 Å². The van der Waals surface area contributed by atoms with E-state index in [2.05, 4.69) is 15.3 Å². The number of carbonyl (C=O) groups is 2. The topological polar surface area (TPSA) is 92.6 Å². The van der Waals surface area contributed by atoms with Gasteiger partial charge in [0.15, 0.2) is 5.17 Å². The molecule has 0 aliphatic carbocycles. The Bertz CT molecular complexity index is 1110. The molecule has 9 heteroatoms. The second kappa shape index (κ2) is 9.04. The van der Waals surface area contributed by atoms with E-state index >= 15 is 0 Å². The van der Waals surface area contributed by atoms with Crippen molar-refractivity contribution in [1.82, 2.24) is 4.90 Å². The van der Waals surface area contributed by atoms with Crippen LogP contribution in [0.2, 0.25) is 0 Å². The molecule has 4 rings (SSSR count). The van der Waals surface area contributed by atoms with Crippen molar-refractivity contribution in [2.75, 3.05) is 25.3 Å². The lowest BCUT2D eigenvalue weighted by atomic mass is 10.1. The van der Waals surface area contributed by atoms with Gasteiger partial charge in [0, 0.05) is 29.4 Å². The molecule has 2 heterocycles. The van der Waals surface area contributed by atoms with Gasteiger partial charge in [-0.25, -0.2) is 9.89 Å². The average molecular weight is 453 g/mol. The standard InChI is InChI=1S/C23H24N4O4S/c1-13(2)20-22(29)27-21(26-20)17-7-5-6-8-18(17)25-23(27)32-12-19(28)24-14-9-15(30-3)11-16(10-14)31-4/h5-11,13,20H,12H2,1-4H3,(H,24,28)/t20-/m0/s1. The Balaban J connectivity index is 1.53. The van der Waals surface area contributed by atoms with Gasteiger partial charge in [-0.2, -0.15) is 0 Å². The van der Waals surface area contributed by atoms with Crippen molar-refractivity contribution < 1.29 is 19.1 Å². The van der Waals surface area contributed by atoms with Gasteiger partial charge in [0.05, 0.1) is 25.7 Å². The number of carbonyl (C=O) groups excluding carboxylic acids is 2. The van der Waals surface area contributed by atoms with Gasteiger partial charge in [0.25, 0.3) is 5.91 Å². The second-order valence-corrected chi connectivity index (χ2v) is 8.61. The summed E-state index contributed by atoms with van der Waals surface area (Å²) in [6.45, 7) is 3.94. The zero-order valence-electron chi connectivity index (χ0n) is 18.3. The molecule has 166 valence electrons. The smallest absolute Gasteiger partial charge is 0.259 e. The summed E-state index contributed by atoms with van der Waals surface area (Å²) >= 11 is 1.20. The molecule has 0 aromatic heterocycles. The summed E-state index contributed by atoms with van der Waals surface area (Å²) in [7, 11) is 3.10. The van der Waals surface area contributed by atoms with Gasteiger partial charge < -0.3 is 14.8 Å². The number of hydrogen-bond donors (Lipinski definition) is 1. The summed E-state index contributed by atoms with van der Waals surface area (Å²) in [6.07, 6.45) is 0. The minimum absolute atomic E-state index is 0.0605. The highest BCUT2D eigenvalue weighted by atomic mass is 32.2. The molecule has 0 bridgehead atoms. The number of rotatable bonds is 6. The van der Waals surface area contributed by atoms with E-state index in [0.717, 1.165) is 11.3 Å². The molecule has 0 saturated heterocycles. The van der Waals surface area contributed by atoms with Crippen LogP contribution in [0.15, 0.2) is 52.4 Å². The van der Waals surface area contributed by atoms with Crippen LogP contribution in [0.4, 0.5) is 11.4 Å². The van der Waals surface area contributed by atoms with Gasteiger partial charge in [0.2, 0.25) is 5.91 Å². The molecule has 1 N–H and O–H groups in total. The van der Waals surface area contributed by atoms with Gasteiger partial charge in [-0.3, -0.25) is 14.6 Å². The van der Waals surface area contributed by atoms with Gasteiger partial charge in [-0.15, -0.1) is 0 Å². The van der Waals surface area contributed by atoms with Crippen molar-refractivity contribution in [2.45, 2.75) is 19.9 Å². The number of methoxy groups -OCH3 is 2. The summed E-state index contributed by atoms with van der Waals surface area (Å²) in [5.41, 5.74) is 2.11. The molecule has 0 spiro atoms. The molecule has 0 fully saturated rings. The Morgan fingerprint density at radius 3 is 2.50 bits per heavy atom. The molecule has 0 unspecified atom stereocenters. The number of fused-ring (bicyclic) bond motifs is 3. The molecule has 32 heavy (non-hydrogen) atoms. The van der Waals surface area contributed by atoms with Gasteiger partial charge in [-0.1, -0.05) is 37.7 Å². The van der Waals surface area contributed by atoms with E-state index in [1.54, 1.807) is 37.3 Å². The first-order valence-electron chi connectivity index (χ1n) is 10.2. The normalized spacial score (nSPS) is 16.8. The highest BCUT2D eigenvalue weighted by molar-refractivity contribution is 8.14. The van der Waals surface area contributed by atoms with E-state index in [-0.39, 0.29) is 23.5 Å². The SMILES string of the molecule is COc1cc(NC(=O)CSC2=Nc3ccccc3C3=N[C@@H](C(C)C)C(=O)N23)cc(OC)c1. The molecule has 0 saturated carbocycles. The van der Waals surface area contributed by atoms with Crippen LogP contribution in [0, 0.1) is 5.92 Å². The third-order valence-corrected chi connectivity index (χ3v) is 6.04. The Kier molecular flexibility index (Phi) is 6.18. The minimum atomic E-state index is -0.458. The van der Waals surface area contributed by atoms with Crippen LogP contribution in [0.25, 0.3) is 0 Å². The number of nitrogens with one attached hydrogen (secondary N) is 1. The van der Waals surface area contributed by atoms with Crippen molar-refractivity contribution in [1.29, 1.82) is 0 Å². The highest BCUT2D eigenvalue weighted by Gasteiger charge is 2.42. The van der Waals surface area contributed by atoms with Crippen LogP contribution in [0.3, 0.4) is 0 Å². The number of aliphatic imine (C=N–C) groups is 2. The number of anilines is 1. The molecule has 2 aromatic carbocycles. The third-order valence-electron chi connectivity index (χ3n) is 5.10. The molecule has 2 aliphatic rings. The number of benzene rings is 2. The Hall–Kier alpha value is -3.33. The molecule has 8 nitrogen and oxygen atoms in total. The predicted octanol–water partition coefficient (Wildman–Crippen LogP) is 3.69. The number of hydrogen-bond acceptors (Lipinski definition) is 7. The maximum absolute atomic E-state index is 13.1. The molecule has 2 amide bonds. The van der Waals surface area contributed by atoms with Crippen molar-refractivity contribution in [3.8, 4) is 11.5 Å². The van der Waals surface area contributed by atoms with E-state index in [9.17, 15) is 9.59 Å². The molecule has 1 atom stereocenters. The first-order chi connectivity index (χ1) is 15.4. The first kappa shape index (κ1) is 21.9. The zero-order chi connectivity index (χ0) is 22.8. The summed E-state index contributed by atoms with van der Waals surface area (Å²) < 4.78 is 10.5. The molecule has 2 aromatic rings. The van der Waals surface area contributed by atoms with Crippen molar-refractivity contribution in [3.63, 3.8) is 0 Å². The van der Waals surface area contributed by atoms with Crippen LogP contribution < -0.4 is 14.8 Å². The number of nitrogens with zero attached hydrogens (tertiary/aromatic N) is 3. The number of amides is 2. The summed E-state index contributed by atoms with van der Waals surface area (Å²) in [5, 5.41) is 3.29. The van der Waals surface area contributed by atoms with Gasteiger partial charge >= 0.3 is 0 Å². The quantitative estimate of drug-likeness (QED) is 0.722. The maximum Gasteiger partial charge on any atom is 0.259 e. The minimum Gasteiger partial charge on any atom is -0.497 e. The predicted molar refractivity (Wildman–Crippen MR) is 126 cm³/mol. The lowest BCUT2D eigenvalue weighted by molar-refractivity contribution is -0.125. The van der Waals surface area contributed by atoms with Crippen LogP contribution in [0.5, 0.6) is 11.5 Å². The van der Waals surface area contributed by atoms with Crippen molar-refractivity contribution >= 4 is 46.0 Å². The van der Waals surface area contributed by atoms with E-state index in [1.807, 2.05) is 38.1 Å². The Morgan fingerprint density at radius 2 is 1.84 bits per heavy atom. The molecular formula is C23H24N4O4S. The van der Waals surface area contributed by atoms with E-state index < -0.39 is 6.04 Å². The number of amidine groups is 2. The molecular weight excluding hydrogens is 428 g/mol. The maximum atomic E-state index is 13.1. The lowest BCUT2D eigenvalue weighted by Crippen LogP contribution is -2.42. The molecule has 0 radical (unpaired) electrons. The van der Waals surface area contributed by atoms with E-state index in [0.29, 0.717) is 28.2 Å².